The minimum absolute atomic E-state index is 0.122. The van der Waals surface area contributed by atoms with Crippen LogP contribution in [0.15, 0.2) is 24.7 Å². The first kappa shape index (κ1) is 19.3. The number of pyridine rings is 1. The molecule has 1 fully saturated rings. The maximum absolute atomic E-state index is 13.0. The molecule has 0 saturated carbocycles. The summed E-state index contributed by atoms with van der Waals surface area (Å²) in [6.07, 6.45) is 4.59. The van der Waals surface area contributed by atoms with Crippen molar-refractivity contribution in [3.63, 3.8) is 0 Å². The molecule has 0 unspecified atom stereocenters. The Labute approximate surface area is 178 Å². The van der Waals surface area contributed by atoms with Gasteiger partial charge in [0.1, 0.15) is 6.33 Å². The molecule has 4 aromatic heterocycles. The van der Waals surface area contributed by atoms with Crippen LogP contribution in [0.4, 0.5) is 0 Å². The number of likely N-dealkylation sites (tertiary alicyclic amines) is 1. The van der Waals surface area contributed by atoms with Crippen molar-refractivity contribution >= 4 is 33.1 Å². The number of rotatable bonds is 4. The molecule has 1 atom stereocenters. The normalized spacial score (nSPS) is 17.1. The van der Waals surface area contributed by atoms with Gasteiger partial charge in [0.15, 0.2) is 5.65 Å². The predicted octanol–water partition coefficient (Wildman–Crippen LogP) is 3.79. The smallest absolute Gasteiger partial charge is 0.264 e. The molecule has 4 aromatic rings. The highest BCUT2D eigenvalue weighted by atomic mass is 32.1. The standard InChI is InChI=1S/C22H26N6OS/c1-12(2)18-19(15-6-13(3)21-24-11-25-28(21)10-15)26-16-7-17(30-20(16)18)22(29)27-5-4-14(8-23)9-27/h6-7,10-12,14,26H,4-5,8-9,23H2,1-3H3/t14-/m0/s1. The third-order valence-electron chi connectivity index (χ3n) is 6.05. The summed E-state index contributed by atoms with van der Waals surface area (Å²) in [5.41, 5.74) is 12.2. The van der Waals surface area contributed by atoms with Gasteiger partial charge < -0.3 is 15.6 Å². The summed E-state index contributed by atoms with van der Waals surface area (Å²) in [7, 11) is 0. The van der Waals surface area contributed by atoms with Crippen LogP contribution in [0.5, 0.6) is 0 Å². The number of hydrogen-bond acceptors (Lipinski definition) is 5. The Balaban J connectivity index is 1.57. The van der Waals surface area contributed by atoms with Gasteiger partial charge in [-0.05, 0) is 55.0 Å². The molecular formula is C22H26N6OS. The molecule has 1 amide bonds. The van der Waals surface area contributed by atoms with Gasteiger partial charge in [-0.3, -0.25) is 4.79 Å². The maximum atomic E-state index is 13.0. The molecule has 30 heavy (non-hydrogen) atoms. The van der Waals surface area contributed by atoms with Crippen LogP contribution in [-0.4, -0.2) is 50.0 Å². The van der Waals surface area contributed by atoms with Crippen molar-refractivity contribution in [1.29, 1.82) is 0 Å². The zero-order valence-corrected chi connectivity index (χ0v) is 18.3. The Morgan fingerprint density at radius 1 is 1.40 bits per heavy atom. The summed E-state index contributed by atoms with van der Waals surface area (Å²) in [4.78, 5) is 23.7. The number of aromatic amines is 1. The van der Waals surface area contributed by atoms with Crippen LogP contribution in [0.1, 0.15) is 47.0 Å². The van der Waals surface area contributed by atoms with Crippen molar-refractivity contribution in [3.8, 4) is 11.3 Å². The molecule has 0 radical (unpaired) electrons. The molecule has 0 spiro atoms. The second-order valence-corrected chi connectivity index (χ2v) is 9.56. The number of hydrogen-bond donors (Lipinski definition) is 2. The van der Waals surface area contributed by atoms with E-state index in [1.807, 2.05) is 21.7 Å². The minimum Gasteiger partial charge on any atom is -0.354 e. The number of aryl methyl sites for hydroxylation is 1. The molecular weight excluding hydrogens is 396 g/mol. The lowest BCUT2D eigenvalue weighted by Crippen LogP contribution is -2.29. The number of nitrogens with two attached hydrogens (primary N) is 1. The zero-order chi connectivity index (χ0) is 21.0. The van der Waals surface area contributed by atoms with E-state index in [2.05, 4.69) is 41.9 Å². The summed E-state index contributed by atoms with van der Waals surface area (Å²) in [5.74, 6) is 0.860. The molecule has 1 aliphatic rings. The van der Waals surface area contributed by atoms with Gasteiger partial charge in [-0.1, -0.05) is 13.8 Å². The predicted molar refractivity (Wildman–Crippen MR) is 120 cm³/mol. The summed E-state index contributed by atoms with van der Waals surface area (Å²) in [6, 6.07) is 4.16. The average Bonchev–Trinajstić information content (AvgIpc) is 3.48. The Hall–Kier alpha value is -2.71. The molecule has 156 valence electrons. The Morgan fingerprint density at radius 2 is 2.23 bits per heavy atom. The van der Waals surface area contributed by atoms with Gasteiger partial charge in [0.25, 0.3) is 5.91 Å². The number of fused-ring (bicyclic) bond motifs is 2. The first-order valence-corrected chi connectivity index (χ1v) is 11.2. The maximum Gasteiger partial charge on any atom is 0.264 e. The van der Waals surface area contributed by atoms with E-state index in [0.29, 0.717) is 18.4 Å². The molecule has 8 heteroatoms. The van der Waals surface area contributed by atoms with Crippen LogP contribution in [0.25, 0.3) is 27.1 Å². The second kappa shape index (κ2) is 7.21. The van der Waals surface area contributed by atoms with E-state index < -0.39 is 0 Å². The van der Waals surface area contributed by atoms with Gasteiger partial charge in [-0.2, -0.15) is 5.10 Å². The fourth-order valence-electron chi connectivity index (χ4n) is 4.48. The molecule has 0 aromatic carbocycles. The molecule has 5 heterocycles. The molecule has 1 aliphatic heterocycles. The van der Waals surface area contributed by atoms with Crippen LogP contribution < -0.4 is 5.73 Å². The van der Waals surface area contributed by atoms with Gasteiger partial charge in [-0.25, -0.2) is 9.50 Å². The SMILES string of the molecule is Cc1cc(-c2[nH]c3cc(C(=O)N4CC[C@@H](CN)C4)sc3c2C(C)C)cn2ncnc12. The van der Waals surface area contributed by atoms with Crippen LogP contribution in [0, 0.1) is 12.8 Å². The average molecular weight is 423 g/mol. The fourth-order valence-corrected chi connectivity index (χ4v) is 5.76. The lowest BCUT2D eigenvalue weighted by molar-refractivity contribution is 0.0792. The lowest BCUT2D eigenvalue weighted by atomic mass is 9.99. The number of amides is 1. The first-order valence-electron chi connectivity index (χ1n) is 10.4. The summed E-state index contributed by atoms with van der Waals surface area (Å²) < 4.78 is 2.98. The van der Waals surface area contributed by atoms with Crippen molar-refractivity contribution in [3.05, 3.63) is 40.7 Å². The van der Waals surface area contributed by atoms with Crippen LogP contribution in [0.3, 0.4) is 0 Å². The van der Waals surface area contributed by atoms with E-state index in [9.17, 15) is 4.79 Å². The number of nitrogens with one attached hydrogen (secondary N) is 1. The summed E-state index contributed by atoms with van der Waals surface area (Å²) >= 11 is 1.59. The Morgan fingerprint density at radius 3 is 2.97 bits per heavy atom. The number of aromatic nitrogens is 4. The monoisotopic (exact) mass is 422 g/mol. The molecule has 1 saturated heterocycles. The summed E-state index contributed by atoms with van der Waals surface area (Å²) in [5, 5.41) is 4.31. The van der Waals surface area contributed by atoms with Gasteiger partial charge in [-0.15, -0.1) is 11.3 Å². The highest BCUT2D eigenvalue weighted by Gasteiger charge is 2.28. The third kappa shape index (κ3) is 3.02. The van der Waals surface area contributed by atoms with E-state index in [4.69, 9.17) is 5.73 Å². The molecule has 3 N–H and O–H groups in total. The minimum atomic E-state index is 0.122. The number of carbonyl (C=O) groups is 1. The number of H-pyrrole nitrogens is 1. The van der Waals surface area contributed by atoms with Crippen molar-refractivity contribution in [1.82, 2.24) is 24.5 Å². The Kier molecular flexibility index (Phi) is 4.63. The third-order valence-corrected chi connectivity index (χ3v) is 7.20. The van der Waals surface area contributed by atoms with Crippen LogP contribution >= 0.6 is 11.3 Å². The fraction of sp³-hybridized carbons (Fsp3) is 0.409. The topological polar surface area (TPSA) is 92.3 Å². The number of thiophene rings is 1. The van der Waals surface area contributed by atoms with Gasteiger partial charge in [0.2, 0.25) is 0 Å². The molecule has 5 rings (SSSR count). The van der Waals surface area contributed by atoms with Gasteiger partial charge in [0.05, 0.1) is 20.8 Å². The second-order valence-electron chi connectivity index (χ2n) is 8.50. The van der Waals surface area contributed by atoms with Crippen LogP contribution in [-0.2, 0) is 0 Å². The summed E-state index contributed by atoms with van der Waals surface area (Å²) in [6.45, 7) is 8.65. The first-order chi connectivity index (χ1) is 14.5. The van der Waals surface area contributed by atoms with E-state index in [0.717, 1.165) is 57.1 Å². The van der Waals surface area contributed by atoms with Gasteiger partial charge in [0, 0.05) is 24.8 Å². The highest BCUT2D eigenvalue weighted by Crippen LogP contribution is 2.40. The van der Waals surface area contributed by atoms with E-state index in [1.165, 1.54) is 5.56 Å². The molecule has 0 aliphatic carbocycles. The van der Waals surface area contributed by atoms with Crippen LogP contribution in [0.2, 0.25) is 0 Å². The lowest BCUT2D eigenvalue weighted by Gasteiger charge is -2.15. The van der Waals surface area contributed by atoms with Crippen molar-refractivity contribution in [2.45, 2.75) is 33.1 Å². The number of carbonyl (C=O) groups excluding carboxylic acids is 1. The van der Waals surface area contributed by atoms with E-state index >= 15 is 0 Å². The Bertz CT molecular complexity index is 1250. The number of nitrogens with zero attached hydrogens (tertiary/aromatic N) is 4. The van der Waals surface area contributed by atoms with Crippen molar-refractivity contribution < 1.29 is 4.79 Å². The zero-order valence-electron chi connectivity index (χ0n) is 17.5. The van der Waals surface area contributed by atoms with Crippen molar-refractivity contribution in [2.24, 2.45) is 11.7 Å². The van der Waals surface area contributed by atoms with E-state index in [1.54, 1.807) is 17.7 Å². The highest BCUT2D eigenvalue weighted by molar-refractivity contribution is 7.21. The quantitative estimate of drug-likeness (QED) is 0.523. The van der Waals surface area contributed by atoms with Crippen molar-refractivity contribution in [2.75, 3.05) is 19.6 Å². The largest absolute Gasteiger partial charge is 0.354 e. The van der Waals surface area contributed by atoms with E-state index in [-0.39, 0.29) is 5.91 Å². The molecule has 0 bridgehead atoms. The van der Waals surface area contributed by atoms with Gasteiger partial charge >= 0.3 is 0 Å². The molecule has 7 nitrogen and oxygen atoms in total.